The van der Waals surface area contributed by atoms with Gasteiger partial charge in [0.2, 0.25) is 0 Å². The summed E-state index contributed by atoms with van der Waals surface area (Å²) in [4.78, 5) is 4.27. The first-order valence-electron chi connectivity index (χ1n) is 5.72. The van der Waals surface area contributed by atoms with Gasteiger partial charge in [-0.2, -0.15) is 0 Å². The Morgan fingerprint density at radius 3 is 2.88 bits per heavy atom. The Morgan fingerprint density at radius 1 is 1.56 bits per heavy atom. The highest BCUT2D eigenvalue weighted by molar-refractivity contribution is 5.77. The van der Waals surface area contributed by atoms with Gasteiger partial charge in [-0.1, -0.05) is 13.8 Å². The van der Waals surface area contributed by atoms with Crippen LogP contribution >= 0.6 is 0 Å². The summed E-state index contributed by atoms with van der Waals surface area (Å²) in [5, 5.41) is 3.11. The largest absolute Gasteiger partial charge is 0.370 e. The number of hydrogen-bond acceptors (Lipinski definition) is 1. The molecular weight excluding hydrogens is 200 g/mol. The summed E-state index contributed by atoms with van der Waals surface area (Å²) in [7, 11) is 2.00. The Morgan fingerprint density at radius 2 is 2.31 bits per heavy atom. The lowest BCUT2D eigenvalue weighted by Gasteiger charge is -2.07. The van der Waals surface area contributed by atoms with Crippen LogP contribution in [0, 0.1) is 5.92 Å². The lowest BCUT2D eigenvalue weighted by molar-refractivity contribution is 0.576. The van der Waals surface area contributed by atoms with Crippen molar-refractivity contribution in [3.05, 3.63) is 24.0 Å². The molecule has 0 fully saturated rings. The number of nitrogens with one attached hydrogen (secondary N) is 1. The summed E-state index contributed by atoms with van der Waals surface area (Å²) < 4.78 is 2.01. The van der Waals surface area contributed by atoms with E-state index >= 15 is 0 Å². The van der Waals surface area contributed by atoms with Gasteiger partial charge >= 0.3 is 0 Å². The Hall–Kier alpha value is -1.45. The van der Waals surface area contributed by atoms with Crippen molar-refractivity contribution in [2.75, 3.05) is 6.54 Å². The van der Waals surface area contributed by atoms with Gasteiger partial charge in [0.05, 0.1) is 6.54 Å². The van der Waals surface area contributed by atoms with Crippen LogP contribution in [0.3, 0.4) is 0 Å². The van der Waals surface area contributed by atoms with Crippen molar-refractivity contribution >= 4 is 5.96 Å². The molecule has 1 heterocycles. The van der Waals surface area contributed by atoms with E-state index in [4.69, 9.17) is 5.73 Å². The van der Waals surface area contributed by atoms with E-state index < -0.39 is 0 Å². The molecule has 90 valence electrons. The van der Waals surface area contributed by atoms with Gasteiger partial charge in [0.15, 0.2) is 5.96 Å². The van der Waals surface area contributed by atoms with Crippen LogP contribution in [0.1, 0.15) is 25.8 Å². The normalized spacial score (nSPS) is 12.1. The molecule has 0 saturated heterocycles. The number of nitrogens with zero attached hydrogens (tertiary/aromatic N) is 2. The fourth-order valence-electron chi connectivity index (χ4n) is 1.38. The molecule has 1 rings (SSSR count). The molecule has 0 saturated carbocycles. The molecule has 0 aromatic carbocycles. The summed E-state index contributed by atoms with van der Waals surface area (Å²) >= 11 is 0. The SMILES string of the molecule is CC(C)CCNC(N)=NCc1ccn(C)c1. The summed E-state index contributed by atoms with van der Waals surface area (Å²) in [5.74, 6) is 1.22. The third kappa shape index (κ3) is 4.87. The van der Waals surface area contributed by atoms with Crippen LogP contribution in [-0.4, -0.2) is 17.1 Å². The monoisotopic (exact) mass is 222 g/mol. The Balaban J connectivity index is 2.28. The second-order valence-corrected chi connectivity index (χ2v) is 4.50. The summed E-state index contributed by atoms with van der Waals surface area (Å²) in [6.45, 7) is 5.92. The van der Waals surface area contributed by atoms with Crippen molar-refractivity contribution in [2.45, 2.75) is 26.8 Å². The molecule has 4 nitrogen and oxygen atoms in total. The second kappa shape index (κ2) is 6.20. The lowest BCUT2D eigenvalue weighted by atomic mass is 10.1. The molecule has 0 aliphatic carbocycles. The number of rotatable bonds is 5. The van der Waals surface area contributed by atoms with Crippen molar-refractivity contribution in [2.24, 2.45) is 23.7 Å². The maximum Gasteiger partial charge on any atom is 0.188 e. The van der Waals surface area contributed by atoms with E-state index in [2.05, 4.69) is 24.2 Å². The molecule has 0 aliphatic rings. The first kappa shape index (κ1) is 12.6. The van der Waals surface area contributed by atoms with E-state index in [-0.39, 0.29) is 0 Å². The summed E-state index contributed by atoms with van der Waals surface area (Å²) in [5.41, 5.74) is 6.92. The molecule has 1 aromatic rings. The number of guanidine groups is 1. The standard InChI is InChI=1S/C12H22N4/c1-10(2)4-6-14-12(13)15-8-11-5-7-16(3)9-11/h5,7,9-10H,4,6,8H2,1-3H3,(H3,13,14,15). The molecular formula is C12H22N4. The smallest absolute Gasteiger partial charge is 0.188 e. The van der Waals surface area contributed by atoms with Crippen molar-refractivity contribution in [3.8, 4) is 0 Å². The van der Waals surface area contributed by atoms with E-state index in [0.717, 1.165) is 13.0 Å². The molecule has 0 amide bonds. The highest BCUT2D eigenvalue weighted by atomic mass is 15.1. The molecule has 0 aliphatic heterocycles. The van der Waals surface area contributed by atoms with E-state index in [1.54, 1.807) is 0 Å². The number of aromatic nitrogens is 1. The number of nitrogens with two attached hydrogens (primary N) is 1. The number of aliphatic imine (C=N–C) groups is 1. The maximum atomic E-state index is 5.75. The van der Waals surface area contributed by atoms with E-state index in [1.165, 1.54) is 5.56 Å². The predicted octanol–water partition coefficient (Wildman–Crippen LogP) is 1.48. The molecule has 0 bridgehead atoms. The molecule has 0 spiro atoms. The first-order valence-corrected chi connectivity index (χ1v) is 5.72. The van der Waals surface area contributed by atoms with Crippen LogP contribution in [0.2, 0.25) is 0 Å². The zero-order valence-electron chi connectivity index (χ0n) is 10.4. The van der Waals surface area contributed by atoms with Crippen molar-refractivity contribution in [1.82, 2.24) is 9.88 Å². The predicted molar refractivity (Wildman–Crippen MR) is 68.2 cm³/mol. The van der Waals surface area contributed by atoms with Crippen molar-refractivity contribution in [1.29, 1.82) is 0 Å². The quantitative estimate of drug-likeness (QED) is 0.585. The van der Waals surface area contributed by atoms with Crippen LogP contribution in [0.5, 0.6) is 0 Å². The molecule has 1 aromatic heterocycles. The number of hydrogen-bond donors (Lipinski definition) is 2. The van der Waals surface area contributed by atoms with Crippen molar-refractivity contribution in [3.63, 3.8) is 0 Å². The molecule has 16 heavy (non-hydrogen) atoms. The van der Waals surface area contributed by atoms with Crippen LogP contribution < -0.4 is 11.1 Å². The van der Waals surface area contributed by atoms with Crippen LogP contribution in [0.4, 0.5) is 0 Å². The van der Waals surface area contributed by atoms with Gasteiger partial charge < -0.3 is 15.6 Å². The van der Waals surface area contributed by atoms with Crippen LogP contribution in [-0.2, 0) is 13.6 Å². The van der Waals surface area contributed by atoms with Gasteiger partial charge in [-0.3, -0.25) is 0 Å². The average Bonchev–Trinajstić information content (AvgIpc) is 2.61. The van der Waals surface area contributed by atoms with E-state index in [9.17, 15) is 0 Å². The lowest BCUT2D eigenvalue weighted by Crippen LogP contribution is -2.32. The average molecular weight is 222 g/mol. The minimum absolute atomic E-state index is 0.532. The van der Waals surface area contributed by atoms with Gasteiger partial charge in [-0.05, 0) is 24.0 Å². The van der Waals surface area contributed by atoms with Gasteiger partial charge in [-0.15, -0.1) is 0 Å². The summed E-state index contributed by atoms with van der Waals surface area (Å²) in [6, 6.07) is 2.05. The molecule has 0 radical (unpaired) electrons. The fraction of sp³-hybridized carbons (Fsp3) is 0.583. The Kier molecular flexibility index (Phi) is 4.89. The zero-order valence-corrected chi connectivity index (χ0v) is 10.4. The fourth-order valence-corrected chi connectivity index (χ4v) is 1.38. The maximum absolute atomic E-state index is 5.75. The van der Waals surface area contributed by atoms with Crippen molar-refractivity contribution < 1.29 is 0 Å². The molecule has 0 atom stereocenters. The minimum Gasteiger partial charge on any atom is -0.370 e. The van der Waals surface area contributed by atoms with E-state index in [1.807, 2.05) is 30.1 Å². The van der Waals surface area contributed by atoms with Gasteiger partial charge in [0.1, 0.15) is 0 Å². The topological polar surface area (TPSA) is 55.3 Å². The minimum atomic E-state index is 0.532. The van der Waals surface area contributed by atoms with Gasteiger partial charge in [0, 0.05) is 26.0 Å². The second-order valence-electron chi connectivity index (χ2n) is 4.50. The van der Waals surface area contributed by atoms with Crippen LogP contribution in [0.15, 0.2) is 23.5 Å². The van der Waals surface area contributed by atoms with Gasteiger partial charge in [-0.25, -0.2) is 4.99 Å². The van der Waals surface area contributed by atoms with E-state index in [0.29, 0.717) is 18.4 Å². The third-order valence-corrected chi connectivity index (χ3v) is 2.35. The number of aryl methyl sites for hydroxylation is 1. The molecule has 0 unspecified atom stereocenters. The molecule has 4 heteroatoms. The first-order chi connectivity index (χ1) is 7.58. The highest BCUT2D eigenvalue weighted by Gasteiger charge is 1.96. The Bertz CT molecular complexity index is 339. The molecule has 3 N–H and O–H groups in total. The Labute approximate surface area is 97.6 Å². The van der Waals surface area contributed by atoms with Gasteiger partial charge in [0.25, 0.3) is 0 Å². The third-order valence-electron chi connectivity index (χ3n) is 2.35. The highest BCUT2D eigenvalue weighted by Crippen LogP contribution is 2.01. The summed E-state index contributed by atoms with van der Waals surface area (Å²) in [6.07, 6.45) is 5.17. The zero-order chi connectivity index (χ0) is 12.0. The van der Waals surface area contributed by atoms with Crippen LogP contribution in [0.25, 0.3) is 0 Å².